The van der Waals surface area contributed by atoms with Gasteiger partial charge in [-0.3, -0.25) is 9.59 Å². The molecule has 0 fully saturated rings. The molecule has 0 aliphatic rings. The third kappa shape index (κ3) is 6.68. The van der Waals surface area contributed by atoms with Crippen LogP contribution in [-0.2, 0) is 10.2 Å². The lowest BCUT2D eigenvalue weighted by molar-refractivity contribution is -0.121. The maximum absolute atomic E-state index is 12.1. The fraction of sp³-hybridized carbons (Fsp3) is 0.364. The molecule has 6 heteroatoms. The molecule has 0 unspecified atom stereocenters. The molecule has 2 N–H and O–H groups in total. The van der Waals surface area contributed by atoms with E-state index in [1.165, 1.54) is 5.56 Å². The Morgan fingerprint density at radius 2 is 1.64 bits per heavy atom. The molecular weight excluding hydrogens is 420 g/mol. The number of methoxy groups -OCH3 is 1. The van der Waals surface area contributed by atoms with Crippen molar-refractivity contribution in [2.75, 3.05) is 20.2 Å². The fourth-order valence-corrected chi connectivity index (χ4v) is 2.97. The summed E-state index contributed by atoms with van der Waals surface area (Å²) in [6, 6.07) is 15.0. The summed E-state index contributed by atoms with van der Waals surface area (Å²) in [5.74, 6) is 0.544. The van der Waals surface area contributed by atoms with E-state index < -0.39 is 0 Å². The lowest BCUT2D eigenvalue weighted by Crippen LogP contribution is -2.37. The summed E-state index contributed by atoms with van der Waals surface area (Å²) in [6.45, 7) is 5.22. The average molecular weight is 447 g/mol. The first-order chi connectivity index (χ1) is 13.3. The molecule has 0 radical (unpaired) electrons. The number of benzene rings is 2. The monoisotopic (exact) mass is 446 g/mol. The zero-order valence-electron chi connectivity index (χ0n) is 16.5. The molecule has 0 aromatic heterocycles. The summed E-state index contributed by atoms with van der Waals surface area (Å²) in [6.07, 6.45) is 0.964. The highest BCUT2D eigenvalue weighted by Gasteiger charge is 2.21. The Morgan fingerprint density at radius 3 is 2.25 bits per heavy atom. The van der Waals surface area contributed by atoms with Gasteiger partial charge in [0.15, 0.2) is 0 Å². The molecule has 0 atom stereocenters. The number of carbonyl (C=O) groups excluding carboxylic acids is 2. The molecule has 0 bridgehead atoms. The van der Waals surface area contributed by atoms with Crippen LogP contribution in [0.25, 0.3) is 0 Å². The molecule has 2 aromatic carbocycles. The maximum atomic E-state index is 12.1. The molecule has 2 aromatic rings. The Hall–Kier alpha value is -2.34. The average Bonchev–Trinajstić information content (AvgIpc) is 2.70. The third-order valence-electron chi connectivity index (χ3n) is 4.57. The van der Waals surface area contributed by atoms with E-state index in [2.05, 4.69) is 52.5 Å². The first-order valence-corrected chi connectivity index (χ1v) is 10.1. The van der Waals surface area contributed by atoms with Gasteiger partial charge in [-0.1, -0.05) is 41.9 Å². The van der Waals surface area contributed by atoms with Gasteiger partial charge in [-0.05, 0) is 48.4 Å². The van der Waals surface area contributed by atoms with Crippen molar-refractivity contribution in [2.24, 2.45) is 0 Å². The number of nitrogens with one attached hydrogen (secondary N) is 2. The topological polar surface area (TPSA) is 67.4 Å². The largest absolute Gasteiger partial charge is 0.497 e. The molecule has 0 saturated heterocycles. The number of amides is 2. The molecule has 150 valence electrons. The molecule has 0 heterocycles. The van der Waals surface area contributed by atoms with Gasteiger partial charge in [0.05, 0.1) is 7.11 Å². The van der Waals surface area contributed by atoms with Crippen LogP contribution in [0.3, 0.4) is 0 Å². The van der Waals surface area contributed by atoms with E-state index in [1.54, 1.807) is 31.4 Å². The number of carbonyl (C=O) groups is 2. The van der Waals surface area contributed by atoms with Crippen LogP contribution in [0.1, 0.15) is 42.6 Å². The second kappa shape index (κ2) is 10.3. The van der Waals surface area contributed by atoms with Gasteiger partial charge in [-0.15, -0.1) is 0 Å². The zero-order valence-corrected chi connectivity index (χ0v) is 18.1. The molecule has 0 aliphatic heterocycles. The number of ether oxygens (including phenoxy) is 1. The van der Waals surface area contributed by atoms with Gasteiger partial charge in [0, 0.05) is 35.0 Å². The summed E-state index contributed by atoms with van der Waals surface area (Å²) in [5, 5.41) is 5.82. The van der Waals surface area contributed by atoms with Gasteiger partial charge in [0.1, 0.15) is 5.75 Å². The van der Waals surface area contributed by atoms with Crippen LogP contribution >= 0.6 is 15.9 Å². The van der Waals surface area contributed by atoms with Crippen molar-refractivity contribution in [2.45, 2.75) is 32.1 Å². The first-order valence-electron chi connectivity index (χ1n) is 9.27. The number of rotatable bonds is 9. The van der Waals surface area contributed by atoms with Gasteiger partial charge in [0.2, 0.25) is 5.91 Å². The van der Waals surface area contributed by atoms with Gasteiger partial charge in [-0.2, -0.15) is 0 Å². The number of halogens is 1. The SMILES string of the molecule is COc1ccc(C(=O)NCCCC(=O)NCC(C)(C)c2ccc(Br)cc2)cc1. The molecule has 0 spiro atoms. The van der Waals surface area contributed by atoms with Crippen molar-refractivity contribution >= 4 is 27.7 Å². The zero-order chi connectivity index (χ0) is 20.6. The normalized spacial score (nSPS) is 11.0. The number of hydrogen-bond donors (Lipinski definition) is 2. The van der Waals surface area contributed by atoms with Crippen LogP contribution < -0.4 is 15.4 Å². The molecule has 5 nitrogen and oxygen atoms in total. The molecule has 2 rings (SSSR count). The third-order valence-corrected chi connectivity index (χ3v) is 5.10. The van der Waals surface area contributed by atoms with E-state index in [4.69, 9.17) is 4.74 Å². The summed E-state index contributed by atoms with van der Waals surface area (Å²) in [7, 11) is 1.58. The van der Waals surface area contributed by atoms with Crippen molar-refractivity contribution in [3.63, 3.8) is 0 Å². The van der Waals surface area contributed by atoms with E-state index in [-0.39, 0.29) is 17.2 Å². The minimum atomic E-state index is -0.154. The highest BCUT2D eigenvalue weighted by atomic mass is 79.9. The highest BCUT2D eigenvalue weighted by Crippen LogP contribution is 2.24. The van der Waals surface area contributed by atoms with Gasteiger partial charge in [0.25, 0.3) is 5.91 Å². The van der Waals surface area contributed by atoms with E-state index in [9.17, 15) is 9.59 Å². The lowest BCUT2D eigenvalue weighted by Gasteiger charge is -2.25. The molecular formula is C22H27BrN2O3. The van der Waals surface area contributed by atoms with E-state index in [0.29, 0.717) is 37.2 Å². The summed E-state index contributed by atoms with van der Waals surface area (Å²) >= 11 is 3.44. The first kappa shape index (κ1) is 22.0. The Kier molecular flexibility index (Phi) is 8.05. The van der Waals surface area contributed by atoms with Crippen LogP contribution in [0, 0.1) is 0 Å². The lowest BCUT2D eigenvalue weighted by atomic mass is 9.84. The van der Waals surface area contributed by atoms with Crippen molar-refractivity contribution in [3.05, 3.63) is 64.1 Å². The van der Waals surface area contributed by atoms with Crippen LogP contribution in [0.4, 0.5) is 0 Å². The molecule has 0 saturated carbocycles. The molecule has 2 amide bonds. The van der Waals surface area contributed by atoms with E-state index in [0.717, 1.165) is 4.47 Å². The predicted octanol–water partition coefficient (Wildman–Crippen LogP) is 4.06. The Labute approximate surface area is 175 Å². The van der Waals surface area contributed by atoms with Crippen molar-refractivity contribution < 1.29 is 14.3 Å². The minimum absolute atomic E-state index is 0.0103. The minimum Gasteiger partial charge on any atom is -0.497 e. The van der Waals surface area contributed by atoms with Crippen LogP contribution in [0.5, 0.6) is 5.75 Å². The quantitative estimate of drug-likeness (QED) is 0.570. The van der Waals surface area contributed by atoms with Crippen molar-refractivity contribution in [1.29, 1.82) is 0 Å². The summed E-state index contributed by atoms with van der Waals surface area (Å²) < 4.78 is 6.11. The van der Waals surface area contributed by atoms with Crippen molar-refractivity contribution in [1.82, 2.24) is 10.6 Å². The number of hydrogen-bond acceptors (Lipinski definition) is 3. The summed E-state index contributed by atoms with van der Waals surface area (Å²) in [4.78, 5) is 24.2. The second-order valence-corrected chi connectivity index (χ2v) is 8.17. The van der Waals surface area contributed by atoms with E-state index >= 15 is 0 Å². The predicted molar refractivity (Wildman–Crippen MR) is 115 cm³/mol. The Bertz CT molecular complexity index is 786. The van der Waals surface area contributed by atoms with Crippen LogP contribution in [-0.4, -0.2) is 32.0 Å². The smallest absolute Gasteiger partial charge is 0.251 e. The van der Waals surface area contributed by atoms with Crippen molar-refractivity contribution in [3.8, 4) is 5.75 Å². The van der Waals surface area contributed by atoms with E-state index in [1.807, 2.05) is 12.1 Å². The second-order valence-electron chi connectivity index (χ2n) is 7.26. The maximum Gasteiger partial charge on any atom is 0.251 e. The highest BCUT2D eigenvalue weighted by molar-refractivity contribution is 9.10. The van der Waals surface area contributed by atoms with Gasteiger partial charge < -0.3 is 15.4 Å². The van der Waals surface area contributed by atoms with Crippen LogP contribution in [0.2, 0.25) is 0 Å². The fourth-order valence-electron chi connectivity index (χ4n) is 2.71. The summed E-state index contributed by atoms with van der Waals surface area (Å²) in [5.41, 5.74) is 1.59. The van der Waals surface area contributed by atoms with Gasteiger partial charge >= 0.3 is 0 Å². The Morgan fingerprint density at radius 1 is 1.00 bits per heavy atom. The standard InChI is InChI=1S/C22H27BrN2O3/c1-22(2,17-8-10-18(23)11-9-17)15-25-20(26)5-4-14-24-21(27)16-6-12-19(28-3)13-7-16/h6-13H,4-5,14-15H2,1-3H3,(H,24,27)(H,25,26). The molecule has 28 heavy (non-hydrogen) atoms. The van der Waals surface area contributed by atoms with Gasteiger partial charge in [-0.25, -0.2) is 0 Å². The molecule has 0 aliphatic carbocycles. The Balaban J connectivity index is 1.69. The van der Waals surface area contributed by atoms with Crippen LogP contribution in [0.15, 0.2) is 53.0 Å².